The number of hydrogen-bond acceptors (Lipinski definition) is 3. The highest BCUT2D eigenvalue weighted by Crippen LogP contribution is 2.56. The van der Waals surface area contributed by atoms with Gasteiger partial charge in [0.2, 0.25) is 0 Å². The van der Waals surface area contributed by atoms with Crippen molar-refractivity contribution >= 4 is 40.2 Å². The van der Waals surface area contributed by atoms with Crippen LogP contribution in [0.3, 0.4) is 0 Å². The highest BCUT2D eigenvalue weighted by atomic mass is 32.2. The molecule has 15 aromatic rings. The molecule has 0 saturated carbocycles. The third kappa shape index (κ3) is 21.4. The SMILES string of the molecule is Cc1ccc(C(C)(C)c2ccc(C)cc2)cc1.Cc1ccc(C2(c3ccc(C)cc3)c3ccccc3-c3ccccc32)cc1.Cc1ccc(Cc2ccc(C)cc2)cc1.Cc1ccc(N(C)c2ccc(C)cc2)cc1.Cc1ccc(N(c2ccccc2)c2ccc(C)cc2)cc1.Cc1ccc(Sc2ccc(C)cc2)cc1. The summed E-state index contributed by atoms with van der Waals surface area (Å²) in [5.41, 5.74) is 34.9. The normalized spacial score (nSPS) is 11.3. The molecule has 0 radical (unpaired) electrons. The van der Waals surface area contributed by atoms with Crippen molar-refractivity contribution in [3.8, 4) is 11.1 Å². The van der Waals surface area contributed by atoms with E-state index in [0.717, 1.165) is 6.42 Å². The zero-order valence-electron chi connectivity index (χ0n) is 67.7. The third-order valence-electron chi connectivity index (χ3n) is 20.8. The highest BCUT2D eigenvalue weighted by molar-refractivity contribution is 7.99. The summed E-state index contributed by atoms with van der Waals surface area (Å²) >= 11 is 1.80. The van der Waals surface area contributed by atoms with Gasteiger partial charge in [-0.15, -0.1) is 0 Å². The molecule has 16 rings (SSSR count). The van der Waals surface area contributed by atoms with Crippen LogP contribution in [0.1, 0.15) is 125 Å². The molecule has 2 nitrogen and oxygen atoms in total. The molecule has 15 aromatic carbocycles. The first-order valence-electron chi connectivity index (χ1n) is 38.9. The van der Waals surface area contributed by atoms with Crippen LogP contribution in [0.2, 0.25) is 0 Å². The van der Waals surface area contributed by atoms with Crippen LogP contribution < -0.4 is 9.80 Å². The number of nitrogens with zero attached hydrogens (tertiary/aromatic N) is 2. The molecule has 556 valence electrons. The molecule has 0 aromatic heterocycles. The highest BCUT2D eigenvalue weighted by Gasteiger charge is 2.45. The van der Waals surface area contributed by atoms with E-state index in [-0.39, 0.29) is 10.8 Å². The molecule has 0 spiro atoms. The second-order valence-electron chi connectivity index (χ2n) is 30.4. The molecule has 0 aliphatic heterocycles. The quantitative estimate of drug-likeness (QED) is 0.114. The van der Waals surface area contributed by atoms with Gasteiger partial charge in [-0.3, -0.25) is 0 Å². The van der Waals surface area contributed by atoms with Crippen LogP contribution in [0.15, 0.2) is 380 Å². The van der Waals surface area contributed by atoms with Crippen LogP contribution in [-0.2, 0) is 17.3 Å². The van der Waals surface area contributed by atoms with E-state index in [4.69, 9.17) is 0 Å². The van der Waals surface area contributed by atoms with Gasteiger partial charge in [0.1, 0.15) is 0 Å². The van der Waals surface area contributed by atoms with E-state index < -0.39 is 0 Å². The van der Waals surface area contributed by atoms with Crippen molar-refractivity contribution in [2.45, 2.75) is 124 Å². The van der Waals surface area contributed by atoms with Gasteiger partial charge in [-0.25, -0.2) is 0 Å². The fourth-order valence-corrected chi connectivity index (χ4v) is 14.6. The Morgan fingerprint density at radius 1 is 0.243 bits per heavy atom. The molecule has 0 bridgehead atoms. The molecule has 111 heavy (non-hydrogen) atoms. The number of fused-ring (bicyclic) bond motifs is 3. The van der Waals surface area contributed by atoms with Gasteiger partial charge in [0.25, 0.3) is 0 Å². The molecule has 3 heteroatoms. The first-order chi connectivity index (χ1) is 53.6. The van der Waals surface area contributed by atoms with E-state index in [1.54, 1.807) is 11.8 Å². The van der Waals surface area contributed by atoms with Crippen LogP contribution in [0.25, 0.3) is 11.1 Å². The average Bonchev–Trinajstić information content (AvgIpc) is 1.55. The number of para-hydroxylation sites is 1. The molecular weight excluding hydrogens is 1360 g/mol. The van der Waals surface area contributed by atoms with E-state index in [1.165, 1.54) is 161 Å². The van der Waals surface area contributed by atoms with Gasteiger partial charge in [0.15, 0.2) is 0 Å². The number of hydrogen-bond donors (Lipinski definition) is 0. The van der Waals surface area contributed by atoms with E-state index >= 15 is 0 Å². The Hall–Kier alpha value is -11.8. The smallest absolute Gasteiger partial charge is 0.0713 e. The minimum atomic E-state index is -0.269. The first kappa shape index (κ1) is 80.3. The summed E-state index contributed by atoms with van der Waals surface area (Å²) in [6.45, 7) is 30.0. The zero-order chi connectivity index (χ0) is 78.4. The summed E-state index contributed by atoms with van der Waals surface area (Å²) in [5, 5.41) is 0. The van der Waals surface area contributed by atoms with Crippen molar-refractivity contribution in [1.82, 2.24) is 0 Å². The largest absolute Gasteiger partial charge is 0.345 e. The minimum absolute atomic E-state index is 0.0708. The fourth-order valence-electron chi connectivity index (χ4n) is 13.8. The Morgan fingerprint density at radius 2 is 0.477 bits per heavy atom. The summed E-state index contributed by atoms with van der Waals surface area (Å²) in [4.78, 5) is 7.06. The second-order valence-corrected chi connectivity index (χ2v) is 31.5. The predicted molar refractivity (Wildman–Crippen MR) is 480 cm³/mol. The Labute approximate surface area is 668 Å². The summed E-state index contributed by atoms with van der Waals surface area (Å²) in [6, 6.07) is 133. The van der Waals surface area contributed by atoms with Gasteiger partial charge in [0.05, 0.1) is 5.41 Å². The molecular formula is C108H108N2S. The second kappa shape index (κ2) is 38.1. The minimum Gasteiger partial charge on any atom is -0.345 e. The molecule has 0 amide bonds. The lowest BCUT2D eigenvalue weighted by molar-refractivity contribution is 0.640. The molecule has 0 fully saturated rings. The summed E-state index contributed by atoms with van der Waals surface area (Å²) in [5.74, 6) is 0. The molecule has 1 aliphatic rings. The van der Waals surface area contributed by atoms with Crippen molar-refractivity contribution in [3.63, 3.8) is 0 Å². The molecule has 0 N–H and O–H groups in total. The van der Waals surface area contributed by atoms with Gasteiger partial charge in [-0.05, 0) is 230 Å². The lowest BCUT2D eigenvalue weighted by atomic mass is 9.67. The van der Waals surface area contributed by atoms with Crippen LogP contribution in [-0.4, -0.2) is 7.05 Å². The van der Waals surface area contributed by atoms with Gasteiger partial charge in [-0.1, -0.05) is 377 Å². The first-order valence-corrected chi connectivity index (χ1v) is 39.7. The zero-order valence-corrected chi connectivity index (χ0v) is 68.5. The Morgan fingerprint density at radius 3 is 0.784 bits per heavy atom. The number of anilines is 5. The van der Waals surface area contributed by atoms with Gasteiger partial charge < -0.3 is 9.80 Å². The number of rotatable bonds is 13. The standard InChI is InChI=1S/C27H22.C20H19N.C17H20.C15H17N.C15H16.C14H14S/c1-19-11-15-21(16-12-19)27(22-17-13-20(2)14-18-22)25-9-5-3-7-23(25)24-8-4-6-10-26(24)27;1-16-8-12-19(13-9-16)21(18-6-4-3-5-7-18)20-14-10-17(2)11-15-20;1-13-5-9-15(10-6-13)17(3,4)16-11-7-14(2)8-12-16;1-12-4-8-14(9-5-12)16(3)15-10-6-13(2)7-11-15;1-12-3-7-14(8-4-12)11-15-9-5-13(2)6-10-15;1-11-3-7-13(8-4-11)15-14-9-5-12(2)6-10-14/h3-18H,1-2H3;3-15H,1-2H3;5-12H,1-4H3;4-11H,1-3H3;3-10H,11H2,1-2H3;3-10H,1-2H3. The van der Waals surface area contributed by atoms with Crippen molar-refractivity contribution in [3.05, 3.63) is 481 Å². The fraction of sp³-hybridized carbons (Fsp3) is 0.167. The van der Waals surface area contributed by atoms with Gasteiger partial charge in [-0.2, -0.15) is 0 Å². The number of benzene rings is 15. The average molecular weight is 1470 g/mol. The Kier molecular flexibility index (Phi) is 27.5. The maximum atomic E-state index is 2.30. The summed E-state index contributed by atoms with van der Waals surface area (Å²) < 4.78 is 0. The van der Waals surface area contributed by atoms with Crippen molar-refractivity contribution in [2.24, 2.45) is 0 Å². The summed E-state index contributed by atoms with van der Waals surface area (Å²) in [7, 11) is 2.09. The van der Waals surface area contributed by atoms with Crippen molar-refractivity contribution < 1.29 is 0 Å². The lowest BCUT2D eigenvalue weighted by Gasteiger charge is -2.34. The van der Waals surface area contributed by atoms with Gasteiger partial charge >= 0.3 is 0 Å². The third-order valence-corrected chi connectivity index (χ3v) is 21.9. The molecule has 0 atom stereocenters. The topological polar surface area (TPSA) is 6.48 Å². The van der Waals surface area contributed by atoms with Crippen LogP contribution in [0.4, 0.5) is 28.4 Å². The molecule has 0 saturated heterocycles. The molecule has 1 aliphatic carbocycles. The van der Waals surface area contributed by atoms with Crippen molar-refractivity contribution in [1.29, 1.82) is 0 Å². The lowest BCUT2D eigenvalue weighted by Crippen LogP contribution is -2.28. The van der Waals surface area contributed by atoms with E-state index in [0.29, 0.717) is 0 Å². The van der Waals surface area contributed by atoms with Crippen LogP contribution in [0.5, 0.6) is 0 Å². The maximum Gasteiger partial charge on any atom is 0.0713 e. The number of aryl methyl sites for hydroxylation is 12. The Balaban J connectivity index is 0.000000134. The van der Waals surface area contributed by atoms with Crippen molar-refractivity contribution in [2.75, 3.05) is 16.8 Å². The van der Waals surface area contributed by atoms with Crippen LogP contribution in [0, 0.1) is 83.1 Å². The summed E-state index contributed by atoms with van der Waals surface area (Å²) in [6.07, 6.45) is 1.03. The molecule has 0 heterocycles. The van der Waals surface area contributed by atoms with E-state index in [2.05, 4.69) is 478 Å². The monoisotopic (exact) mass is 1460 g/mol. The van der Waals surface area contributed by atoms with Gasteiger partial charge in [0, 0.05) is 50.7 Å². The maximum absolute atomic E-state index is 2.30. The van der Waals surface area contributed by atoms with E-state index in [9.17, 15) is 0 Å². The molecule has 0 unspecified atom stereocenters. The van der Waals surface area contributed by atoms with Crippen LogP contribution >= 0.6 is 11.8 Å². The predicted octanol–water partition coefficient (Wildman–Crippen LogP) is 29.5. The van der Waals surface area contributed by atoms with E-state index in [1.807, 2.05) is 6.07 Å². The Bertz CT molecular complexity index is 4930.